The van der Waals surface area contributed by atoms with Crippen LogP contribution in [0.2, 0.25) is 0 Å². The quantitative estimate of drug-likeness (QED) is 0.773. The number of rotatable bonds is 6. The predicted octanol–water partition coefficient (Wildman–Crippen LogP) is 2.94. The van der Waals surface area contributed by atoms with Gasteiger partial charge in [0.25, 0.3) is 0 Å². The average Bonchev–Trinajstić information content (AvgIpc) is 2.56. The molecule has 0 aliphatic heterocycles. The molecule has 0 bridgehead atoms. The van der Waals surface area contributed by atoms with Gasteiger partial charge in [-0.2, -0.15) is 0 Å². The van der Waals surface area contributed by atoms with E-state index in [1.54, 1.807) is 12.1 Å². The summed E-state index contributed by atoms with van der Waals surface area (Å²) in [5, 5.41) is 2.77. The van der Waals surface area contributed by atoms with Gasteiger partial charge in [-0.05, 0) is 56.8 Å². The number of aryl methyl sites for hydroxylation is 2. The van der Waals surface area contributed by atoms with Crippen LogP contribution in [0.3, 0.4) is 0 Å². The summed E-state index contributed by atoms with van der Waals surface area (Å²) in [5.74, 6) is 0.158. The minimum absolute atomic E-state index is 0.134. The molecule has 0 aliphatic carbocycles. The summed E-state index contributed by atoms with van der Waals surface area (Å²) in [6, 6.07) is 12.2. The van der Waals surface area contributed by atoms with Crippen LogP contribution in [0, 0.1) is 13.8 Å². The number of carbonyl (C=O) groups is 1. The minimum Gasteiger partial charge on any atom is -0.325 e. The topological polar surface area (TPSA) is 75.3 Å². The smallest absolute Gasteiger partial charge is 0.240 e. The molecule has 0 radical (unpaired) electrons. The number of amides is 1. The molecule has 0 spiro atoms. The summed E-state index contributed by atoms with van der Waals surface area (Å²) in [6.45, 7) is 4.03. The van der Waals surface area contributed by atoms with Gasteiger partial charge in [-0.3, -0.25) is 4.79 Å². The average molecular weight is 364 g/mol. The zero-order valence-electron chi connectivity index (χ0n) is 13.8. The molecule has 0 heterocycles. The third kappa shape index (κ3) is 4.83. The van der Waals surface area contributed by atoms with E-state index in [0.717, 1.165) is 16.0 Å². The highest BCUT2D eigenvalue weighted by molar-refractivity contribution is 8.00. The number of anilines is 1. The van der Waals surface area contributed by atoms with Crippen LogP contribution < -0.4 is 10.0 Å². The maximum absolute atomic E-state index is 12.1. The summed E-state index contributed by atoms with van der Waals surface area (Å²) in [7, 11) is -2.11. The Balaban J connectivity index is 1.96. The molecule has 2 aromatic carbocycles. The highest BCUT2D eigenvalue weighted by atomic mass is 32.2. The Hall–Kier alpha value is -1.83. The van der Waals surface area contributed by atoms with Crippen LogP contribution in [0.5, 0.6) is 0 Å². The van der Waals surface area contributed by atoms with Crippen molar-refractivity contribution in [2.45, 2.75) is 23.6 Å². The summed E-state index contributed by atoms with van der Waals surface area (Å²) < 4.78 is 25.6. The second-order valence-electron chi connectivity index (χ2n) is 5.34. The van der Waals surface area contributed by atoms with Crippen molar-refractivity contribution in [3.05, 3.63) is 53.6 Å². The molecule has 24 heavy (non-hydrogen) atoms. The molecule has 2 aromatic rings. The number of carbonyl (C=O) groups excluding carboxylic acids is 1. The van der Waals surface area contributed by atoms with E-state index in [1.165, 1.54) is 30.9 Å². The van der Waals surface area contributed by atoms with E-state index in [-0.39, 0.29) is 10.8 Å². The first-order valence-corrected chi connectivity index (χ1v) is 9.82. The van der Waals surface area contributed by atoms with E-state index in [4.69, 9.17) is 0 Å². The Bertz CT molecular complexity index is 831. The molecule has 2 rings (SSSR count). The fourth-order valence-electron chi connectivity index (χ4n) is 2.04. The molecular weight excluding hydrogens is 344 g/mol. The van der Waals surface area contributed by atoms with Gasteiger partial charge in [-0.1, -0.05) is 17.7 Å². The molecule has 0 atom stereocenters. The van der Waals surface area contributed by atoms with Crippen LogP contribution in [0.1, 0.15) is 11.1 Å². The first-order valence-electron chi connectivity index (χ1n) is 7.35. The fourth-order valence-corrected chi connectivity index (χ4v) is 3.69. The van der Waals surface area contributed by atoms with Gasteiger partial charge in [0.05, 0.1) is 10.6 Å². The van der Waals surface area contributed by atoms with Crippen LogP contribution >= 0.6 is 11.8 Å². The molecule has 0 aliphatic rings. The zero-order valence-corrected chi connectivity index (χ0v) is 15.4. The van der Waals surface area contributed by atoms with Crippen LogP contribution in [-0.2, 0) is 14.8 Å². The molecule has 0 fully saturated rings. The van der Waals surface area contributed by atoms with Crippen molar-refractivity contribution in [2.75, 3.05) is 18.1 Å². The Kier molecular flexibility index (Phi) is 6.04. The lowest BCUT2D eigenvalue weighted by molar-refractivity contribution is -0.113. The molecule has 0 saturated heterocycles. The Labute approximate surface area is 146 Å². The van der Waals surface area contributed by atoms with Gasteiger partial charge in [-0.25, -0.2) is 13.1 Å². The lowest BCUT2D eigenvalue weighted by Crippen LogP contribution is -2.18. The third-order valence-corrected chi connectivity index (χ3v) is 6.01. The molecular formula is C17H20N2O3S2. The predicted molar refractivity (Wildman–Crippen MR) is 98.0 cm³/mol. The van der Waals surface area contributed by atoms with Crippen molar-refractivity contribution in [1.29, 1.82) is 0 Å². The number of benzene rings is 2. The van der Waals surface area contributed by atoms with Crippen molar-refractivity contribution in [1.82, 2.24) is 4.72 Å². The molecule has 0 unspecified atom stereocenters. The van der Waals surface area contributed by atoms with Crippen molar-refractivity contribution in [3.8, 4) is 0 Å². The van der Waals surface area contributed by atoms with Gasteiger partial charge in [0, 0.05) is 10.6 Å². The van der Waals surface area contributed by atoms with Crippen LogP contribution in [0.25, 0.3) is 0 Å². The lowest BCUT2D eigenvalue weighted by Gasteiger charge is -2.08. The standard InChI is InChI=1S/C17H20N2O3S2/c1-12-4-5-13(2)16(10-12)23-11-17(20)19-14-6-8-15(9-7-14)24(21,22)18-3/h4-10,18H,11H2,1-3H3,(H,19,20). The number of hydrogen-bond donors (Lipinski definition) is 2. The zero-order chi connectivity index (χ0) is 17.7. The molecule has 2 N–H and O–H groups in total. The van der Waals surface area contributed by atoms with Crippen molar-refractivity contribution >= 4 is 33.4 Å². The second kappa shape index (κ2) is 7.83. The Morgan fingerprint density at radius 1 is 1.08 bits per heavy atom. The largest absolute Gasteiger partial charge is 0.325 e. The van der Waals surface area contributed by atoms with Gasteiger partial charge in [-0.15, -0.1) is 11.8 Å². The highest BCUT2D eigenvalue weighted by Crippen LogP contribution is 2.23. The number of nitrogens with one attached hydrogen (secondary N) is 2. The third-order valence-electron chi connectivity index (χ3n) is 3.42. The van der Waals surface area contributed by atoms with E-state index in [2.05, 4.69) is 16.1 Å². The summed E-state index contributed by atoms with van der Waals surface area (Å²) in [6.07, 6.45) is 0. The first-order chi connectivity index (χ1) is 11.3. The number of hydrogen-bond acceptors (Lipinski definition) is 4. The van der Waals surface area contributed by atoms with Gasteiger partial charge in [0.15, 0.2) is 0 Å². The molecule has 1 amide bonds. The maximum Gasteiger partial charge on any atom is 0.240 e. The van der Waals surface area contributed by atoms with Gasteiger partial charge < -0.3 is 5.32 Å². The van der Waals surface area contributed by atoms with Crippen molar-refractivity contribution < 1.29 is 13.2 Å². The van der Waals surface area contributed by atoms with Crippen LogP contribution in [0.4, 0.5) is 5.69 Å². The minimum atomic E-state index is -3.47. The van der Waals surface area contributed by atoms with E-state index in [1.807, 2.05) is 26.0 Å². The first kappa shape index (κ1) is 18.5. The molecule has 7 heteroatoms. The van der Waals surface area contributed by atoms with E-state index >= 15 is 0 Å². The van der Waals surface area contributed by atoms with E-state index < -0.39 is 10.0 Å². The van der Waals surface area contributed by atoms with Crippen LogP contribution in [-0.4, -0.2) is 27.1 Å². The fraction of sp³-hybridized carbons (Fsp3) is 0.235. The molecule has 0 saturated carbocycles. The molecule has 0 aromatic heterocycles. The van der Waals surface area contributed by atoms with Crippen molar-refractivity contribution in [2.24, 2.45) is 0 Å². The monoisotopic (exact) mass is 364 g/mol. The SMILES string of the molecule is CNS(=O)(=O)c1ccc(NC(=O)CSc2cc(C)ccc2C)cc1. The Morgan fingerprint density at radius 3 is 2.38 bits per heavy atom. The summed E-state index contributed by atoms with van der Waals surface area (Å²) >= 11 is 1.48. The van der Waals surface area contributed by atoms with E-state index in [9.17, 15) is 13.2 Å². The molecule has 128 valence electrons. The Morgan fingerprint density at radius 2 is 1.75 bits per heavy atom. The normalized spacial score (nSPS) is 11.3. The van der Waals surface area contributed by atoms with Gasteiger partial charge >= 0.3 is 0 Å². The van der Waals surface area contributed by atoms with Crippen molar-refractivity contribution in [3.63, 3.8) is 0 Å². The van der Waals surface area contributed by atoms with Crippen LogP contribution in [0.15, 0.2) is 52.3 Å². The highest BCUT2D eigenvalue weighted by Gasteiger charge is 2.11. The number of thioether (sulfide) groups is 1. The maximum atomic E-state index is 12.1. The van der Waals surface area contributed by atoms with Gasteiger partial charge in [0.1, 0.15) is 0 Å². The summed E-state index contributed by atoms with van der Waals surface area (Å²) in [4.78, 5) is 13.3. The lowest BCUT2D eigenvalue weighted by atomic mass is 10.2. The van der Waals surface area contributed by atoms with Gasteiger partial charge in [0.2, 0.25) is 15.9 Å². The summed E-state index contributed by atoms with van der Waals surface area (Å²) in [5.41, 5.74) is 2.86. The second-order valence-corrected chi connectivity index (χ2v) is 8.24. The van der Waals surface area contributed by atoms with E-state index in [0.29, 0.717) is 11.4 Å². The number of sulfonamides is 1. The molecule has 5 nitrogen and oxygen atoms in total.